The van der Waals surface area contributed by atoms with Crippen molar-refractivity contribution in [3.63, 3.8) is 0 Å². The number of ether oxygens (including phenoxy) is 1. The Bertz CT molecular complexity index is 1210. The molecule has 2 aromatic carbocycles. The number of aryl methyl sites for hydroxylation is 1. The summed E-state index contributed by atoms with van der Waals surface area (Å²) in [5.41, 5.74) is 2.47. The number of benzene rings is 2. The molecule has 32 heavy (non-hydrogen) atoms. The molecule has 0 radical (unpaired) electrons. The molecule has 3 aromatic rings. The zero-order valence-electron chi connectivity index (χ0n) is 18.1. The number of nitrogens with zero attached hydrogens (tertiary/aromatic N) is 1. The molecule has 0 atom stereocenters. The van der Waals surface area contributed by atoms with Crippen LogP contribution < -0.4 is 14.8 Å². The van der Waals surface area contributed by atoms with E-state index in [4.69, 9.17) is 9.26 Å². The summed E-state index contributed by atoms with van der Waals surface area (Å²) in [5.74, 6) is 0.433. The Hall–Kier alpha value is -3.59. The van der Waals surface area contributed by atoms with Crippen LogP contribution in [-0.2, 0) is 14.8 Å². The highest BCUT2D eigenvalue weighted by atomic mass is 32.2. The highest BCUT2D eigenvalue weighted by molar-refractivity contribution is 7.92. The molecule has 0 aliphatic carbocycles. The van der Waals surface area contributed by atoms with Crippen molar-refractivity contribution in [2.45, 2.75) is 32.1 Å². The number of hydrogen-bond donors (Lipinski definition) is 2. The number of rotatable bonds is 9. The lowest BCUT2D eigenvalue weighted by molar-refractivity contribution is -0.111. The van der Waals surface area contributed by atoms with Gasteiger partial charge in [-0.15, -0.1) is 0 Å². The molecule has 8 nitrogen and oxygen atoms in total. The SMILES string of the molecule is CCCOc1ccccc1C=CC(=O)Nc1ccc(S(=O)(=O)Nc2onc(C)c2C)cc1. The fourth-order valence-corrected chi connectivity index (χ4v) is 3.77. The molecule has 9 heteroatoms. The number of anilines is 2. The second-order valence-corrected chi connectivity index (χ2v) is 8.74. The van der Waals surface area contributed by atoms with Gasteiger partial charge in [0.25, 0.3) is 10.0 Å². The Morgan fingerprint density at radius 2 is 1.84 bits per heavy atom. The van der Waals surface area contributed by atoms with E-state index in [1.165, 1.54) is 30.3 Å². The second kappa shape index (κ2) is 10.1. The Balaban J connectivity index is 1.65. The van der Waals surface area contributed by atoms with E-state index < -0.39 is 10.0 Å². The van der Waals surface area contributed by atoms with E-state index in [1.54, 1.807) is 19.9 Å². The summed E-state index contributed by atoms with van der Waals surface area (Å²) in [7, 11) is -3.85. The number of sulfonamides is 1. The van der Waals surface area contributed by atoms with Crippen molar-refractivity contribution in [2.75, 3.05) is 16.6 Å². The van der Waals surface area contributed by atoms with E-state index in [0.29, 0.717) is 29.3 Å². The van der Waals surface area contributed by atoms with Crippen LogP contribution in [0.4, 0.5) is 11.6 Å². The first-order valence-corrected chi connectivity index (χ1v) is 11.5. The summed E-state index contributed by atoms with van der Waals surface area (Å²) in [6, 6.07) is 13.3. The van der Waals surface area contributed by atoms with E-state index in [1.807, 2.05) is 31.2 Å². The lowest BCUT2D eigenvalue weighted by Gasteiger charge is -2.08. The Morgan fingerprint density at radius 3 is 2.50 bits per heavy atom. The minimum Gasteiger partial charge on any atom is -0.493 e. The summed E-state index contributed by atoms with van der Waals surface area (Å²) in [6.45, 7) is 6.05. The van der Waals surface area contributed by atoms with Gasteiger partial charge in [0, 0.05) is 22.9 Å². The third-order valence-electron chi connectivity index (χ3n) is 4.61. The summed E-state index contributed by atoms with van der Waals surface area (Å²) in [6.07, 6.45) is 3.96. The van der Waals surface area contributed by atoms with Crippen molar-refractivity contribution in [1.29, 1.82) is 0 Å². The first-order chi connectivity index (χ1) is 15.3. The van der Waals surface area contributed by atoms with Gasteiger partial charge in [-0.05, 0) is 56.7 Å². The number of amides is 1. The molecule has 0 saturated heterocycles. The van der Waals surface area contributed by atoms with Crippen LogP contribution in [0.25, 0.3) is 6.08 Å². The molecule has 1 heterocycles. The molecule has 0 aliphatic rings. The maximum Gasteiger partial charge on any atom is 0.264 e. The molecule has 168 valence electrons. The van der Waals surface area contributed by atoms with Gasteiger partial charge < -0.3 is 14.6 Å². The fraction of sp³-hybridized carbons (Fsp3) is 0.217. The number of aromatic nitrogens is 1. The normalized spacial score (nSPS) is 11.5. The first-order valence-electron chi connectivity index (χ1n) is 10.1. The van der Waals surface area contributed by atoms with Gasteiger partial charge >= 0.3 is 0 Å². The third-order valence-corrected chi connectivity index (χ3v) is 5.96. The minimum atomic E-state index is -3.85. The smallest absolute Gasteiger partial charge is 0.264 e. The Kier molecular flexibility index (Phi) is 7.32. The van der Waals surface area contributed by atoms with Crippen molar-refractivity contribution in [3.8, 4) is 5.75 Å². The van der Waals surface area contributed by atoms with Crippen molar-refractivity contribution in [2.24, 2.45) is 0 Å². The molecule has 2 N–H and O–H groups in total. The number of nitrogens with one attached hydrogen (secondary N) is 2. The zero-order valence-corrected chi connectivity index (χ0v) is 18.9. The number of carbonyl (C=O) groups excluding carboxylic acids is 1. The summed E-state index contributed by atoms with van der Waals surface area (Å²) >= 11 is 0. The lowest BCUT2D eigenvalue weighted by Crippen LogP contribution is -2.13. The standard InChI is InChI=1S/C23H25N3O5S/c1-4-15-30-21-8-6-5-7-18(21)9-14-22(27)24-19-10-12-20(13-11-19)32(28,29)26-23-16(2)17(3)25-31-23/h5-14,26H,4,15H2,1-3H3,(H,24,27). The largest absolute Gasteiger partial charge is 0.493 e. The maximum atomic E-state index is 12.6. The number of carbonyl (C=O) groups is 1. The van der Waals surface area contributed by atoms with E-state index in [2.05, 4.69) is 15.2 Å². The van der Waals surface area contributed by atoms with Crippen LogP contribution >= 0.6 is 0 Å². The molecular weight excluding hydrogens is 430 g/mol. The highest BCUT2D eigenvalue weighted by Gasteiger charge is 2.19. The molecule has 1 amide bonds. The van der Waals surface area contributed by atoms with Crippen molar-refractivity contribution >= 4 is 33.6 Å². The molecule has 0 spiro atoms. The van der Waals surface area contributed by atoms with Crippen LogP contribution in [0.1, 0.15) is 30.2 Å². The van der Waals surface area contributed by atoms with Crippen LogP contribution in [0.15, 0.2) is 64.0 Å². The Morgan fingerprint density at radius 1 is 1.12 bits per heavy atom. The predicted octanol–water partition coefficient (Wildman–Crippen LogP) is 4.53. The van der Waals surface area contributed by atoms with Gasteiger partial charge in [0.15, 0.2) is 0 Å². The lowest BCUT2D eigenvalue weighted by atomic mass is 10.2. The van der Waals surface area contributed by atoms with E-state index in [-0.39, 0.29) is 16.7 Å². The second-order valence-electron chi connectivity index (χ2n) is 7.06. The van der Waals surface area contributed by atoms with E-state index in [9.17, 15) is 13.2 Å². The van der Waals surface area contributed by atoms with E-state index >= 15 is 0 Å². The van der Waals surface area contributed by atoms with Gasteiger partial charge in [0.1, 0.15) is 5.75 Å². The van der Waals surface area contributed by atoms with Crippen LogP contribution in [0, 0.1) is 13.8 Å². The van der Waals surface area contributed by atoms with Gasteiger partial charge in [0.05, 0.1) is 17.2 Å². The third kappa shape index (κ3) is 5.76. The molecular formula is C23H25N3O5S. The van der Waals surface area contributed by atoms with Crippen LogP contribution in [0.5, 0.6) is 5.75 Å². The summed E-state index contributed by atoms with van der Waals surface area (Å²) < 4.78 is 38.2. The molecule has 1 aromatic heterocycles. The summed E-state index contributed by atoms with van der Waals surface area (Å²) in [5, 5.41) is 6.44. The summed E-state index contributed by atoms with van der Waals surface area (Å²) in [4.78, 5) is 12.3. The van der Waals surface area contributed by atoms with Crippen molar-refractivity contribution in [1.82, 2.24) is 5.16 Å². The van der Waals surface area contributed by atoms with Gasteiger partial charge in [0.2, 0.25) is 11.8 Å². The van der Waals surface area contributed by atoms with Crippen LogP contribution in [0.3, 0.4) is 0 Å². The predicted molar refractivity (Wildman–Crippen MR) is 123 cm³/mol. The molecule has 3 rings (SSSR count). The van der Waals surface area contributed by atoms with E-state index in [0.717, 1.165) is 12.0 Å². The molecule has 0 saturated carbocycles. The topological polar surface area (TPSA) is 111 Å². The quantitative estimate of drug-likeness (QED) is 0.459. The fourth-order valence-electron chi connectivity index (χ4n) is 2.72. The number of hydrogen-bond acceptors (Lipinski definition) is 6. The van der Waals surface area contributed by atoms with Gasteiger partial charge in [-0.3, -0.25) is 4.79 Å². The molecule has 0 unspecified atom stereocenters. The van der Waals surface area contributed by atoms with Crippen LogP contribution in [0.2, 0.25) is 0 Å². The molecule has 0 bridgehead atoms. The molecule has 0 aliphatic heterocycles. The average molecular weight is 456 g/mol. The van der Waals surface area contributed by atoms with Crippen molar-refractivity contribution in [3.05, 3.63) is 71.4 Å². The first kappa shape index (κ1) is 23.1. The van der Waals surface area contributed by atoms with Gasteiger partial charge in [-0.25, -0.2) is 13.1 Å². The average Bonchev–Trinajstić information content (AvgIpc) is 3.09. The minimum absolute atomic E-state index is 0.0292. The zero-order chi connectivity index (χ0) is 23.1. The highest BCUT2D eigenvalue weighted by Crippen LogP contribution is 2.23. The Labute approximate surface area is 187 Å². The molecule has 0 fully saturated rings. The van der Waals surface area contributed by atoms with Crippen molar-refractivity contribution < 1.29 is 22.5 Å². The van der Waals surface area contributed by atoms with Gasteiger partial charge in [-0.1, -0.05) is 30.3 Å². The maximum absolute atomic E-state index is 12.6. The van der Waals surface area contributed by atoms with Crippen LogP contribution in [-0.4, -0.2) is 26.1 Å². The van der Waals surface area contributed by atoms with Gasteiger partial charge in [-0.2, -0.15) is 0 Å². The monoisotopic (exact) mass is 455 g/mol. The number of para-hydroxylation sites is 1.